The van der Waals surface area contributed by atoms with Crippen molar-refractivity contribution < 1.29 is 9.21 Å². The van der Waals surface area contributed by atoms with Crippen LogP contribution in [0.1, 0.15) is 47.5 Å². The zero-order valence-corrected chi connectivity index (χ0v) is 12.9. The van der Waals surface area contributed by atoms with E-state index in [4.69, 9.17) is 10.2 Å². The first-order valence-electron chi connectivity index (χ1n) is 6.88. The number of furan rings is 1. The highest BCUT2D eigenvalue weighted by atomic mass is 35.5. The van der Waals surface area contributed by atoms with Crippen LogP contribution in [0, 0.1) is 0 Å². The maximum atomic E-state index is 12.2. The maximum absolute atomic E-state index is 12.2. The lowest BCUT2D eigenvalue weighted by Gasteiger charge is -2.18. The Morgan fingerprint density at radius 2 is 2.05 bits per heavy atom. The molecule has 5 heteroatoms. The summed E-state index contributed by atoms with van der Waals surface area (Å²) in [5.41, 5.74) is 7.11. The summed E-state index contributed by atoms with van der Waals surface area (Å²) in [7, 11) is 0. The van der Waals surface area contributed by atoms with Crippen molar-refractivity contribution in [3.63, 3.8) is 0 Å². The Balaban J connectivity index is 0.00000220. The van der Waals surface area contributed by atoms with E-state index in [9.17, 15) is 4.79 Å². The summed E-state index contributed by atoms with van der Waals surface area (Å²) < 4.78 is 5.20. The van der Waals surface area contributed by atoms with Gasteiger partial charge in [-0.3, -0.25) is 4.79 Å². The standard InChI is InChI=1S/C16H20N2O2.ClH/c1-2-6-15(12-7-4-3-5-8-12)18-16(19)13-9-14(10-17)20-11-13;/h3-5,7-9,11,15H,2,6,10,17H2,1H3,(H,18,19);1H. The highest BCUT2D eigenvalue weighted by Crippen LogP contribution is 2.19. The quantitative estimate of drug-likeness (QED) is 0.859. The van der Waals surface area contributed by atoms with Gasteiger partial charge in [-0.25, -0.2) is 0 Å². The number of rotatable bonds is 6. The van der Waals surface area contributed by atoms with E-state index in [1.807, 2.05) is 30.3 Å². The van der Waals surface area contributed by atoms with Crippen molar-refractivity contribution in [2.75, 3.05) is 0 Å². The molecule has 114 valence electrons. The molecule has 0 spiro atoms. The third kappa shape index (κ3) is 4.62. The van der Waals surface area contributed by atoms with Crippen LogP contribution >= 0.6 is 12.4 Å². The smallest absolute Gasteiger partial charge is 0.255 e. The lowest BCUT2D eigenvalue weighted by atomic mass is 10.0. The van der Waals surface area contributed by atoms with Crippen molar-refractivity contribution in [1.82, 2.24) is 5.32 Å². The monoisotopic (exact) mass is 308 g/mol. The number of nitrogens with two attached hydrogens (primary N) is 1. The van der Waals surface area contributed by atoms with Crippen LogP contribution in [0.4, 0.5) is 0 Å². The number of hydrogen-bond acceptors (Lipinski definition) is 3. The Labute approximate surface area is 131 Å². The molecular weight excluding hydrogens is 288 g/mol. The zero-order chi connectivity index (χ0) is 14.4. The molecule has 1 heterocycles. The van der Waals surface area contributed by atoms with Crippen LogP contribution in [0.5, 0.6) is 0 Å². The molecule has 21 heavy (non-hydrogen) atoms. The fourth-order valence-corrected chi connectivity index (χ4v) is 2.14. The molecule has 0 aliphatic rings. The van der Waals surface area contributed by atoms with Gasteiger partial charge >= 0.3 is 0 Å². The van der Waals surface area contributed by atoms with Gasteiger partial charge in [0.15, 0.2) is 0 Å². The number of amides is 1. The van der Waals surface area contributed by atoms with Gasteiger partial charge in [-0.05, 0) is 18.1 Å². The summed E-state index contributed by atoms with van der Waals surface area (Å²) in [5, 5.41) is 3.05. The lowest BCUT2D eigenvalue weighted by Crippen LogP contribution is -2.28. The number of nitrogens with one attached hydrogen (secondary N) is 1. The first-order chi connectivity index (χ1) is 9.74. The summed E-state index contributed by atoms with van der Waals surface area (Å²) in [4.78, 5) is 12.2. The molecule has 0 fully saturated rings. The first kappa shape index (κ1) is 17.3. The third-order valence-electron chi connectivity index (χ3n) is 3.20. The molecule has 0 saturated heterocycles. The van der Waals surface area contributed by atoms with Crippen LogP contribution in [0.3, 0.4) is 0 Å². The van der Waals surface area contributed by atoms with Crippen LogP contribution in [0.2, 0.25) is 0 Å². The Morgan fingerprint density at radius 1 is 1.33 bits per heavy atom. The Morgan fingerprint density at radius 3 is 2.62 bits per heavy atom. The van der Waals surface area contributed by atoms with Gasteiger partial charge in [0.2, 0.25) is 0 Å². The number of carbonyl (C=O) groups excluding carboxylic acids is 1. The summed E-state index contributed by atoms with van der Waals surface area (Å²) in [6, 6.07) is 11.7. The predicted octanol–water partition coefficient (Wildman–Crippen LogP) is 3.43. The van der Waals surface area contributed by atoms with E-state index in [1.165, 1.54) is 6.26 Å². The van der Waals surface area contributed by atoms with E-state index >= 15 is 0 Å². The van der Waals surface area contributed by atoms with Crippen molar-refractivity contribution in [3.05, 3.63) is 59.5 Å². The number of halogens is 1. The van der Waals surface area contributed by atoms with E-state index in [0.29, 0.717) is 17.9 Å². The van der Waals surface area contributed by atoms with Crippen molar-refractivity contribution in [3.8, 4) is 0 Å². The molecule has 2 aromatic rings. The van der Waals surface area contributed by atoms with Crippen molar-refractivity contribution >= 4 is 18.3 Å². The van der Waals surface area contributed by atoms with Crippen LogP contribution < -0.4 is 11.1 Å². The van der Waals surface area contributed by atoms with Gasteiger partial charge < -0.3 is 15.5 Å². The van der Waals surface area contributed by atoms with E-state index in [2.05, 4.69) is 12.2 Å². The van der Waals surface area contributed by atoms with Crippen LogP contribution in [0.25, 0.3) is 0 Å². The fourth-order valence-electron chi connectivity index (χ4n) is 2.14. The molecule has 0 aliphatic carbocycles. The topological polar surface area (TPSA) is 68.3 Å². The van der Waals surface area contributed by atoms with Crippen LogP contribution in [-0.4, -0.2) is 5.91 Å². The van der Waals surface area contributed by atoms with E-state index in [0.717, 1.165) is 18.4 Å². The van der Waals surface area contributed by atoms with Crippen molar-refractivity contribution in [2.24, 2.45) is 5.73 Å². The number of benzene rings is 1. The molecule has 1 amide bonds. The molecule has 3 N–H and O–H groups in total. The third-order valence-corrected chi connectivity index (χ3v) is 3.20. The molecule has 0 saturated carbocycles. The van der Waals surface area contributed by atoms with Gasteiger partial charge in [0.05, 0.1) is 18.2 Å². The zero-order valence-electron chi connectivity index (χ0n) is 12.0. The SMILES string of the molecule is CCCC(NC(=O)c1coc(CN)c1)c1ccccc1.Cl. The van der Waals surface area contributed by atoms with Crippen molar-refractivity contribution in [2.45, 2.75) is 32.4 Å². The molecule has 0 bridgehead atoms. The Bertz CT molecular complexity index is 554. The average molecular weight is 309 g/mol. The summed E-state index contributed by atoms with van der Waals surface area (Å²) in [6.07, 6.45) is 3.35. The highest BCUT2D eigenvalue weighted by Gasteiger charge is 2.16. The van der Waals surface area contributed by atoms with Crippen LogP contribution in [-0.2, 0) is 6.54 Å². The number of hydrogen-bond donors (Lipinski definition) is 2. The Kier molecular flexibility index (Phi) is 6.99. The molecule has 0 aliphatic heterocycles. The minimum absolute atomic E-state index is 0. The highest BCUT2D eigenvalue weighted by molar-refractivity contribution is 5.94. The summed E-state index contributed by atoms with van der Waals surface area (Å²) in [5.74, 6) is 0.484. The second kappa shape index (κ2) is 8.49. The summed E-state index contributed by atoms with van der Waals surface area (Å²) >= 11 is 0. The second-order valence-corrected chi connectivity index (χ2v) is 4.73. The Hall–Kier alpha value is -1.78. The normalized spacial score (nSPS) is 11.5. The minimum atomic E-state index is -0.129. The van der Waals surface area contributed by atoms with Gasteiger partial charge in [-0.1, -0.05) is 43.7 Å². The minimum Gasteiger partial charge on any atom is -0.467 e. The largest absolute Gasteiger partial charge is 0.467 e. The summed E-state index contributed by atoms with van der Waals surface area (Å²) in [6.45, 7) is 2.40. The molecule has 1 aromatic carbocycles. The van der Waals surface area contributed by atoms with Crippen LogP contribution in [0.15, 0.2) is 47.1 Å². The van der Waals surface area contributed by atoms with Gasteiger partial charge in [0, 0.05) is 0 Å². The van der Waals surface area contributed by atoms with E-state index < -0.39 is 0 Å². The lowest BCUT2D eigenvalue weighted by molar-refractivity contribution is 0.0934. The number of carbonyl (C=O) groups is 1. The molecule has 1 atom stereocenters. The average Bonchev–Trinajstić information content (AvgIpc) is 2.97. The van der Waals surface area contributed by atoms with Gasteiger partial charge in [-0.2, -0.15) is 0 Å². The van der Waals surface area contributed by atoms with Crippen molar-refractivity contribution in [1.29, 1.82) is 0 Å². The molecule has 1 unspecified atom stereocenters. The fraction of sp³-hybridized carbons (Fsp3) is 0.312. The predicted molar refractivity (Wildman–Crippen MR) is 85.4 cm³/mol. The second-order valence-electron chi connectivity index (χ2n) is 4.73. The molecule has 1 aromatic heterocycles. The first-order valence-corrected chi connectivity index (χ1v) is 6.88. The molecule has 4 nitrogen and oxygen atoms in total. The van der Waals surface area contributed by atoms with Gasteiger partial charge in [0.25, 0.3) is 5.91 Å². The van der Waals surface area contributed by atoms with Gasteiger partial charge in [-0.15, -0.1) is 12.4 Å². The maximum Gasteiger partial charge on any atom is 0.255 e. The molecule has 2 rings (SSSR count). The molecular formula is C16H21ClN2O2. The van der Waals surface area contributed by atoms with Gasteiger partial charge in [0.1, 0.15) is 12.0 Å². The van der Waals surface area contributed by atoms with E-state index in [1.54, 1.807) is 6.07 Å². The van der Waals surface area contributed by atoms with E-state index in [-0.39, 0.29) is 24.4 Å². The molecule has 0 radical (unpaired) electrons.